The predicted octanol–water partition coefficient (Wildman–Crippen LogP) is 3.61. The van der Waals surface area contributed by atoms with Gasteiger partial charge in [0.15, 0.2) is 0 Å². The molecular weight excluding hydrogens is 408 g/mol. The smallest absolute Gasteiger partial charge is 0.243 e. The summed E-state index contributed by atoms with van der Waals surface area (Å²) >= 11 is 1.71. The van der Waals surface area contributed by atoms with Crippen LogP contribution in [0.5, 0.6) is 0 Å². The van der Waals surface area contributed by atoms with Crippen LogP contribution < -0.4 is 5.32 Å². The first-order chi connectivity index (χ1) is 15.0. The van der Waals surface area contributed by atoms with Gasteiger partial charge >= 0.3 is 0 Å². The SMILES string of the molecule is C[C@@]12CCC(=O)N1[C@@H](C(=O)NCc1cn(-c3ccccc3)nc1-c1ccccc1)CS2. The largest absolute Gasteiger partial charge is 0.350 e. The average Bonchev–Trinajstić information content (AvgIpc) is 3.46. The molecule has 2 atom stereocenters. The van der Waals surface area contributed by atoms with Crippen LogP contribution in [-0.2, 0) is 16.1 Å². The van der Waals surface area contributed by atoms with Gasteiger partial charge in [-0.05, 0) is 25.5 Å². The summed E-state index contributed by atoms with van der Waals surface area (Å²) in [5.41, 5.74) is 3.74. The molecule has 1 aromatic heterocycles. The van der Waals surface area contributed by atoms with Crippen LogP contribution in [0, 0.1) is 0 Å². The number of nitrogens with one attached hydrogen (secondary N) is 1. The lowest BCUT2D eigenvalue weighted by molar-refractivity contribution is -0.138. The lowest BCUT2D eigenvalue weighted by atomic mass is 10.1. The van der Waals surface area contributed by atoms with E-state index < -0.39 is 6.04 Å². The fourth-order valence-corrected chi connectivity index (χ4v) is 5.84. The van der Waals surface area contributed by atoms with Gasteiger partial charge in [-0.2, -0.15) is 5.10 Å². The van der Waals surface area contributed by atoms with Crippen LogP contribution in [0.1, 0.15) is 25.3 Å². The third kappa shape index (κ3) is 3.63. The van der Waals surface area contributed by atoms with Gasteiger partial charge < -0.3 is 10.2 Å². The molecule has 2 aliphatic rings. The highest BCUT2D eigenvalue weighted by molar-refractivity contribution is 8.01. The van der Waals surface area contributed by atoms with Gasteiger partial charge in [0.05, 0.1) is 16.3 Å². The number of thioether (sulfide) groups is 1. The molecular formula is C24H24N4O2S. The zero-order valence-corrected chi connectivity index (χ0v) is 18.1. The van der Waals surface area contributed by atoms with Crippen molar-refractivity contribution in [1.82, 2.24) is 20.0 Å². The van der Waals surface area contributed by atoms with E-state index in [4.69, 9.17) is 5.10 Å². The molecule has 2 amide bonds. The lowest BCUT2D eigenvalue weighted by Crippen LogP contribution is -2.49. The summed E-state index contributed by atoms with van der Waals surface area (Å²) in [6.45, 7) is 2.42. The average molecular weight is 433 g/mol. The summed E-state index contributed by atoms with van der Waals surface area (Å²) in [5.74, 6) is 0.621. The molecule has 2 fully saturated rings. The molecule has 6 nitrogen and oxygen atoms in total. The van der Waals surface area contributed by atoms with Crippen LogP contribution in [-0.4, -0.2) is 43.2 Å². The molecule has 31 heavy (non-hydrogen) atoms. The fourth-order valence-electron chi connectivity index (χ4n) is 4.41. The highest BCUT2D eigenvalue weighted by Crippen LogP contribution is 2.47. The number of fused-ring (bicyclic) bond motifs is 1. The lowest BCUT2D eigenvalue weighted by Gasteiger charge is -2.29. The molecule has 0 radical (unpaired) electrons. The molecule has 2 aromatic carbocycles. The molecule has 2 saturated heterocycles. The third-order valence-corrected chi connectivity index (χ3v) is 7.56. The van der Waals surface area contributed by atoms with Gasteiger partial charge in [-0.1, -0.05) is 48.5 Å². The van der Waals surface area contributed by atoms with Crippen molar-refractivity contribution in [3.05, 3.63) is 72.4 Å². The Balaban J connectivity index is 1.39. The van der Waals surface area contributed by atoms with Crippen LogP contribution in [0.2, 0.25) is 0 Å². The Morgan fingerprint density at radius 2 is 1.87 bits per heavy atom. The van der Waals surface area contributed by atoms with Gasteiger partial charge in [-0.25, -0.2) is 4.68 Å². The maximum absolute atomic E-state index is 13.0. The Kier molecular flexibility index (Phi) is 5.06. The fraction of sp³-hybridized carbons (Fsp3) is 0.292. The van der Waals surface area contributed by atoms with E-state index >= 15 is 0 Å². The van der Waals surface area contributed by atoms with Crippen molar-refractivity contribution in [3.63, 3.8) is 0 Å². The molecule has 7 heteroatoms. The van der Waals surface area contributed by atoms with Crippen LogP contribution >= 0.6 is 11.8 Å². The molecule has 1 N–H and O–H groups in total. The Labute approximate surface area is 185 Å². The van der Waals surface area contributed by atoms with Crippen LogP contribution in [0.15, 0.2) is 66.9 Å². The number of carbonyl (C=O) groups is 2. The molecule has 0 spiro atoms. The van der Waals surface area contributed by atoms with Gasteiger partial charge in [0.2, 0.25) is 11.8 Å². The molecule has 0 bridgehead atoms. The molecule has 3 aromatic rings. The van der Waals surface area contributed by atoms with Gasteiger partial charge in [-0.15, -0.1) is 11.8 Å². The van der Waals surface area contributed by atoms with E-state index in [1.54, 1.807) is 16.7 Å². The zero-order chi connectivity index (χ0) is 21.4. The first-order valence-electron chi connectivity index (χ1n) is 10.5. The Morgan fingerprint density at radius 1 is 1.16 bits per heavy atom. The van der Waals surface area contributed by atoms with Crippen molar-refractivity contribution >= 4 is 23.6 Å². The summed E-state index contributed by atoms with van der Waals surface area (Å²) in [6.07, 6.45) is 3.30. The summed E-state index contributed by atoms with van der Waals surface area (Å²) in [6, 6.07) is 19.5. The van der Waals surface area contributed by atoms with E-state index in [1.807, 2.05) is 71.5 Å². The van der Waals surface area contributed by atoms with Crippen molar-refractivity contribution in [2.24, 2.45) is 0 Å². The van der Waals surface area contributed by atoms with E-state index in [0.29, 0.717) is 18.7 Å². The van der Waals surface area contributed by atoms with Crippen molar-refractivity contribution in [1.29, 1.82) is 0 Å². The number of para-hydroxylation sites is 1. The van der Waals surface area contributed by atoms with Crippen molar-refractivity contribution < 1.29 is 9.59 Å². The molecule has 158 valence electrons. The molecule has 2 aliphatic heterocycles. The summed E-state index contributed by atoms with van der Waals surface area (Å²) in [4.78, 5) is 26.9. The van der Waals surface area contributed by atoms with Crippen LogP contribution in [0.25, 0.3) is 16.9 Å². The molecule has 3 heterocycles. The van der Waals surface area contributed by atoms with E-state index in [9.17, 15) is 9.59 Å². The number of nitrogens with zero attached hydrogens (tertiary/aromatic N) is 3. The molecule has 0 saturated carbocycles. The van der Waals surface area contributed by atoms with Gasteiger partial charge in [0, 0.05) is 36.0 Å². The standard InChI is InChI=1S/C24H24N4O2S/c1-24-13-12-21(29)28(24)20(16-31-24)23(30)25-14-18-15-27(19-10-6-3-7-11-19)26-22(18)17-8-4-2-5-9-17/h2-11,15,20H,12-14,16H2,1H3,(H,25,30)/t20-,24-/m1/s1. The number of aromatic nitrogens is 2. The van der Waals surface area contributed by atoms with Crippen molar-refractivity contribution in [3.8, 4) is 16.9 Å². The minimum absolute atomic E-state index is 0.0783. The number of rotatable bonds is 5. The first-order valence-corrected chi connectivity index (χ1v) is 11.5. The van der Waals surface area contributed by atoms with Crippen LogP contribution in [0.4, 0.5) is 0 Å². The minimum atomic E-state index is -0.408. The second kappa shape index (κ2) is 7.89. The van der Waals surface area contributed by atoms with Crippen molar-refractivity contribution in [2.45, 2.75) is 37.2 Å². The van der Waals surface area contributed by atoms with Gasteiger partial charge in [0.1, 0.15) is 6.04 Å². The van der Waals surface area contributed by atoms with E-state index in [1.165, 1.54) is 0 Å². The third-order valence-electron chi connectivity index (χ3n) is 6.06. The normalized spacial score (nSPS) is 22.5. The molecule has 0 unspecified atom stereocenters. The van der Waals surface area contributed by atoms with Crippen molar-refractivity contribution in [2.75, 3.05) is 5.75 Å². The first kappa shape index (κ1) is 19.9. The topological polar surface area (TPSA) is 67.2 Å². The number of amides is 2. The van der Waals surface area contributed by atoms with E-state index in [2.05, 4.69) is 12.2 Å². The maximum Gasteiger partial charge on any atom is 0.243 e. The highest BCUT2D eigenvalue weighted by Gasteiger charge is 2.52. The second-order valence-electron chi connectivity index (χ2n) is 8.13. The van der Waals surface area contributed by atoms with Gasteiger partial charge in [-0.3, -0.25) is 9.59 Å². The summed E-state index contributed by atoms with van der Waals surface area (Å²) < 4.78 is 1.84. The van der Waals surface area contributed by atoms with Gasteiger partial charge in [0.25, 0.3) is 0 Å². The Bertz CT molecular complexity index is 1120. The Hall–Kier alpha value is -3.06. The summed E-state index contributed by atoms with van der Waals surface area (Å²) in [7, 11) is 0. The van der Waals surface area contributed by atoms with E-state index in [-0.39, 0.29) is 16.7 Å². The highest BCUT2D eigenvalue weighted by atomic mass is 32.2. The summed E-state index contributed by atoms with van der Waals surface area (Å²) in [5, 5.41) is 7.87. The maximum atomic E-state index is 13.0. The quantitative estimate of drug-likeness (QED) is 0.669. The van der Waals surface area contributed by atoms with Crippen LogP contribution in [0.3, 0.4) is 0 Å². The second-order valence-corrected chi connectivity index (χ2v) is 9.63. The molecule has 5 rings (SSSR count). The molecule has 0 aliphatic carbocycles. The number of hydrogen-bond donors (Lipinski definition) is 1. The predicted molar refractivity (Wildman–Crippen MR) is 122 cm³/mol. The number of hydrogen-bond acceptors (Lipinski definition) is 4. The number of benzene rings is 2. The number of carbonyl (C=O) groups excluding carboxylic acids is 2. The van der Waals surface area contributed by atoms with E-state index in [0.717, 1.165) is 28.9 Å². The minimum Gasteiger partial charge on any atom is -0.350 e. The Morgan fingerprint density at radius 3 is 2.61 bits per heavy atom. The monoisotopic (exact) mass is 432 g/mol. The zero-order valence-electron chi connectivity index (χ0n) is 17.3.